The van der Waals surface area contributed by atoms with Crippen LogP contribution in [0.2, 0.25) is 0 Å². The summed E-state index contributed by atoms with van der Waals surface area (Å²) in [4.78, 5) is 11.0. The van der Waals surface area contributed by atoms with Crippen molar-refractivity contribution in [1.82, 2.24) is 0 Å². The quantitative estimate of drug-likeness (QED) is 0.118. The zero-order valence-electron chi connectivity index (χ0n) is 76.7. The number of hydrogen-bond acceptors (Lipinski definition) is 2. The van der Waals surface area contributed by atoms with Gasteiger partial charge in [0.25, 0.3) is 0 Å². The maximum absolute atomic E-state index is 9.79. The van der Waals surface area contributed by atoms with Crippen LogP contribution in [0, 0.1) is 77.0 Å². The van der Waals surface area contributed by atoms with Gasteiger partial charge in [-0.2, -0.15) is 10.5 Å². The van der Waals surface area contributed by atoms with Gasteiger partial charge in [0.1, 0.15) is 35.2 Å². The monoisotopic (exact) mass is 1690 g/mol. The molecule has 131 heavy (non-hydrogen) atoms. The Morgan fingerprint density at radius 3 is 1.18 bits per heavy atom. The molecule has 22 rings (SSSR count). The highest BCUT2D eigenvalue weighted by Crippen LogP contribution is 2.57. The van der Waals surface area contributed by atoms with Crippen molar-refractivity contribution < 1.29 is 22.8 Å². The molecule has 0 saturated heterocycles. The van der Waals surface area contributed by atoms with Crippen molar-refractivity contribution in [3.05, 3.63) is 451 Å². The number of aromatic nitrogens is 5. The van der Waals surface area contributed by atoms with Crippen LogP contribution in [0.1, 0.15) is 122 Å². The SMILES string of the molecule is Cc1ccc2c(c1-c1cc(-c3ccccc3)cc[n+]1C)C(C)(C)c1cccc(C#N)c1-2.Cc1ccc2c(c1-c1cccc[n+]1C)Cc1cccc(C#N)c1-2.[C-]#[N+]c1ccc2c(c1)C(C)(C)c1c-2ccc(C)c1-c1cc(-c2ccccc2)cc[n+]1C.[C-]#[N+]c1ccc2c(c1)Cc1c-2ccc(C)c1-c1cccc[n+]1C.[C-]#[N+]c1cccc2c1Cc1c-2ccc(C)c1-c1cccc[n+]1C. The number of rotatable bonds is 7. The maximum atomic E-state index is 9.79. The fourth-order valence-electron chi connectivity index (χ4n) is 21.0. The van der Waals surface area contributed by atoms with Crippen LogP contribution in [0.3, 0.4) is 0 Å². The average Bonchev–Trinajstić information content (AvgIpc) is 1.55. The second-order valence-corrected chi connectivity index (χ2v) is 36.1. The lowest BCUT2D eigenvalue weighted by Gasteiger charge is -2.25. The highest BCUT2D eigenvalue weighted by molar-refractivity contribution is 5.95. The van der Waals surface area contributed by atoms with Crippen molar-refractivity contribution in [3.63, 3.8) is 0 Å². The smallest absolute Gasteiger partial charge is 0.213 e. The maximum Gasteiger partial charge on any atom is 0.213 e. The van der Waals surface area contributed by atoms with Crippen LogP contribution < -0.4 is 22.8 Å². The van der Waals surface area contributed by atoms with E-state index in [1.165, 1.54) is 207 Å². The Morgan fingerprint density at radius 2 is 0.672 bits per heavy atom. The predicted octanol–water partition coefficient (Wildman–Crippen LogP) is 26.5. The van der Waals surface area contributed by atoms with Crippen LogP contribution in [0.5, 0.6) is 0 Å². The molecule has 630 valence electrons. The van der Waals surface area contributed by atoms with Crippen molar-refractivity contribution in [3.8, 4) is 146 Å². The summed E-state index contributed by atoms with van der Waals surface area (Å²) in [5.41, 5.74) is 52.2. The molecule has 5 heterocycles. The Kier molecular flexibility index (Phi) is 22.8. The number of pyridine rings is 5. The summed E-state index contributed by atoms with van der Waals surface area (Å²) in [6, 6.07) is 106. The summed E-state index contributed by atoms with van der Waals surface area (Å²) >= 11 is 0. The lowest BCUT2D eigenvalue weighted by atomic mass is 9.78. The van der Waals surface area contributed by atoms with Crippen molar-refractivity contribution in [2.24, 2.45) is 35.2 Å². The number of hydrogen-bond donors (Lipinski definition) is 0. The van der Waals surface area contributed by atoms with Gasteiger partial charge in [0.05, 0.1) is 70.8 Å². The Bertz CT molecular complexity index is 7790. The highest BCUT2D eigenvalue weighted by atomic mass is 14.9. The van der Waals surface area contributed by atoms with Gasteiger partial charge >= 0.3 is 0 Å². The summed E-state index contributed by atoms with van der Waals surface area (Å²) in [6.45, 7) is 42.2. The van der Waals surface area contributed by atoms with Gasteiger partial charge in [-0.3, -0.25) is 0 Å². The fourth-order valence-corrected chi connectivity index (χ4v) is 21.0. The molecule has 12 aromatic carbocycles. The van der Waals surface area contributed by atoms with E-state index in [1.807, 2.05) is 72.8 Å². The molecule has 0 N–H and O–H groups in total. The average molecular weight is 1700 g/mol. The molecule has 10 heteroatoms. The molecule has 0 spiro atoms. The molecule has 0 radical (unpaired) electrons. The van der Waals surface area contributed by atoms with E-state index in [4.69, 9.17) is 19.7 Å². The third-order valence-electron chi connectivity index (χ3n) is 27.5. The summed E-state index contributed by atoms with van der Waals surface area (Å²) in [5, 5.41) is 19.2. The topological polar surface area (TPSA) is 80.1 Å². The minimum atomic E-state index is -0.186. The van der Waals surface area contributed by atoms with Crippen molar-refractivity contribution >= 4 is 17.1 Å². The Morgan fingerprint density at radius 1 is 0.275 bits per heavy atom. The Hall–Kier alpha value is -16.2. The predicted molar refractivity (Wildman–Crippen MR) is 528 cm³/mol. The number of aryl methyl sites for hydroxylation is 10. The van der Waals surface area contributed by atoms with E-state index in [9.17, 15) is 10.5 Å². The van der Waals surface area contributed by atoms with Crippen LogP contribution in [-0.4, -0.2) is 0 Å². The minimum Gasteiger partial charge on any atom is -0.238 e. The lowest BCUT2D eigenvalue weighted by Crippen LogP contribution is -2.31. The Balaban J connectivity index is 0.000000111. The summed E-state index contributed by atoms with van der Waals surface area (Å²) in [6.07, 6.45) is 13.2. The molecule has 0 saturated carbocycles. The first-order chi connectivity index (χ1) is 63.4. The molecule has 0 amide bonds. The van der Waals surface area contributed by atoms with Gasteiger partial charge in [0.15, 0.2) is 48.0 Å². The van der Waals surface area contributed by atoms with Gasteiger partial charge in [-0.1, -0.05) is 228 Å². The molecule has 0 fully saturated rings. The number of fused-ring (bicyclic) bond motifs is 15. The molecule has 0 aliphatic heterocycles. The minimum absolute atomic E-state index is 0.178. The zero-order valence-corrected chi connectivity index (χ0v) is 76.7. The summed E-state index contributed by atoms with van der Waals surface area (Å²) < 4.78 is 10.9. The molecule has 17 aromatic rings. The van der Waals surface area contributed by atoms with Gasteiger partial charge in [0, 0.05) is 82.6 Å². The second-order valence-electron chi connectivity index (χ2n) is 36.1. The molecule has 5 aromatic heterocycles. The zero-order chi connectivity index (χ0) is 91.4. The van der Waals surface area contributed by atoms with Crippen molar-refractivity contribution in [2.75, 3.05) is 0 Å². The van der Waals surface area contributed by atoms with Gasteiger partial charge in [-0.25, -0.2) is 37.4 Å². The van der Waals surface area contributed by atoms with Crippen LogP contribution in [0.15, 0.2) is 322 Å². The number of benzene rings is 12. The molecule has 5 aliphatic carbocycles. The molecule has 0 unspecified atom stereocenters. The summed E-state index contributed by atoms with van der Waals surface area (Å²) in [7, 11) is 10.5. The molecular formula is C121H101N10+5. The van der Waals surface area contributed by atoms with E-state index in [1.54, 1.807) is 0 Å². The van der Waals surface area contributed by atoms with Gasteiger partial charge < -0.3 is 0 Å². The molecule has 0 bridgehead atoms. The van der Waals surface area contributed by atoms with E-state index in [2.05, 4.69) is 396 Å². The van der Waals surface area contributed by atoms with Crippen LogP contribution in [-0.2, 0) is 65.3 Å². The first-order valence-corrected chi connectivity index (χ1v) is 44.7. The van der Waals surface area contributed by atoms with E-state index in [-0.39, 0.29) is 10.8 Å². The highest BCUT2D eigenvalue weighted by Gasteiger charge is 2.43. The molecule has 5 aliphatic rings. The van der Waals surface area contributed by atoms with Crippen molar-refractivity contribution in [2.45, 2.75) is 92.4 Å². The third kappa shape index (κ3) is 15.2. The van der Waals surface area contributed by atoms with Crippen LogP contribution in [0.4, 0.5) is 17.1 Å². The standard InChI is InChI=1S/2C29H25N2.3C21H17N2/c1-19-11-13-24-23-14-12-22(30-4)18-25(23)29(2,3)28(24)27(19)26-17-21(15-16-31(26)5)20-9-7-6-8-10-20;1-19-13-14-23-27-22(18-30)11-8-12-24(27)29(2,3)28(23)26(19)25-17-21(15-16-31(25)4)20-9-6-5-7-10-20;1-14-10-11-16-15-7-6-8-19(22-2)17(15)13-18(16)21(14)20-9-4-5-12-23(20)3;1-14-7-9-18-17-10-8-16(22-2)12-15(17)13-19(18)21(14)20-6-4-5-11-23(20)3;1-14-9-10-17-18(20(14)19-8-3-4-11-23(19)2)12-15-6-5-7-16(13-22)21(15)17/h6-18H,1-3,5H3;5-17H,1-4H3;2*4-12H,13H2,1,3H3;3-11H,12H2,1-2H3/q5*+1. The molecule has 10 nitrogen and oxygen atoms in total. The van der Waals surface area contributed by atoms with E-state index in [0.29, 0.717) is 5.69 Å². The molecular weight excluding hydrogens is 1590 g/mol. The largest absolute Gasteiger partial charge is 0.238 e. The summed E-state index contributed by atoms with van der Waals surface area (Å²) in [5.74, 6) is 0. The third-order valence-corrected chi connectivity index (χ3v) is 27.5. The lowest BCUT2D eigenvalue weighted by molar-refractivity contribution is -0.660. The fraction of sp³-hybridized carbons (Fsp3) is 0.157. The van der Waals surface area contributed by atoms with Crippen LogP contribution in [0.25, 0.3) is 149 Å². The first-order valence-electron chi connectivity index (χ1n) is 44.7. The van der Waals surface area contributed by atoms with E-state index in [0.717, 1.165) is 52.9 Å². The van der Waals surface area contributed by atoms with Gasteiger partial charge in [-0.05, 0) is 234 Å². The van der Waals surface area contributed by atoms with Gasteiger partial charge in [-0.15, -0.1) is 0 Å². The molecule has 0 atom stereocenters. The Labute approximate surface area is 770 Å². The van der Waals surface area contributed by atoms with Crippen molar-refractivity contribution in [1.29, 1.82) is 10.5 Å². The number of nitrogens with zero attached hydrogens (tertiary/aromatic N) is 10. The van der Waals surface area contributed by atoms with Crippen LogP contribution >= 0.6 is 0 Å². The second kappa shape index (κ2) is 34.9. The van der Waals surface area contributed by atoms with E-state index >= 15 is 0 Å². The number of nitriles is 2. The van der Waals surface area contributed by atoms with E-state index < -0.39 is 0 Å². The van der Waals surface area contributed by atoms with Gasteiger partial charge in [0.2, 0.25) is 28.5 Å². The first kappa shape index (κ1) is 85.6. The normalized spacial score (nSPS) is 12.5.